The van der Waals surface area contributed by atoms with Crippen LogP contribution < -0.4 is 5.73 Å². The number of aromatic nitrogens is 3. The molecule has 1 aliphatic rings. The minimum atomic E-state index is 0.110. The van der Waals surface area contributed by atoms with Gasteiger partial charge in [-0.25, -0.2) is 9.67 Å². The molecular formula is C13H23N5O. The summed E-state index contributed by atoms with van der Waals surface area (Å²) < 4.78 is 1.57. The molecule has 1 aromatic rings. The molecule has 0 aliphatic heterocycles. The van der Waals surface area contributed by atoms with Crippen molar-refractivity contribution >= 4 is 5.91 Å². The highest BCUT2D eigenvalue weighted by Gasteiger charge is 2.31. The number of amides is 1. The lowest BCUT2D eigenvalue weighted by molar-refractivity contribution is -0.136. The van der Waals surface area contributed by atoms with E-state index in [1.54, 1.807) is 11.0 Å². The van der Waals surface area contributed by atoms with E-state index < -0.39 is 0 Å². The van der Waals surface area contributed by atoms with Gasteiger partial charge in [0.25, 0.3) is 0 Å². The van der Waals surface area contributed by atoms with E-state index in [9.17, 15) is 4.79 Å². The van der Waals surface area contributed by atoms with Gasteiger partial charge in [0.2, 0.25) is 5.91 Å². The van der Waals surface area contributed by atoms with Crippen molar-refractivity contribution in [2.24, 2.45) is 11.7 Å². The van der Waals surface area contributed by atoms with Crippen LogP contribution in [0, 0.1) is 5.92 Å². The summed E-state index contributed by atoms with van der Waals surface area (Å²) in [5.41, 5.74) is 5.86. The SMILES string of the molecule is CCN(C(=O)Cn1cncn1)C1CCCCC1CN. The van der Waals surface area contributed by atoms with Gasteiger partial charge >= 0.3 is 0 Å². The van der Waals surface area contributed by atoms with Crippen LogP contribution in [0.2, 0.25) is 0 Å². The summed E-state index contributed by atoms with van der Waals surface area (Å²) >= 11 is 0. The smallest absolute Gasteiger partial charge is 0.244 e. The number of carbonyl (C=O) groups excluding carboxylic acids is 1. The van der Waals surface area contributed by atoms with Gasteiger partial charge in [-0.2, -0.15) is 5.10 Å². The van der Waals surface area contributed by atoms with Gasteiger partial charge in [0.1, 0.15) is 19.2 Å². The minimum Gasteiger partial charge on any atom is -0.338 e. The lowest BCUT2D eigenvalue weighted by Crippen LogP contribution is -2.49. The summed E-state index contributed by atoms with van der Waals surface area (Å²) in [6.07, 6.45) is 7.65. The third-order valence-corrected chi connectivity index (χ3v) is 4.00. The Morgan fingerprint density at radius 2 is 2.26 bits per heavy atom. The molecule has 0 bridgehead atoms. The average molecular weight is 265 g/mol. The first-order chi connectivity index (χ1) is 9.26. The molecule has 106 valence electrons. The fraction of sp³-hybridized carbons (Fsp3) is 0.769. The van der Waals surface area contributed by atoms with Gasteiger partial charge < -0.3 is 10.6 Å². The van der Waals surface area contributed by atoms with Crippen LogP contribution in [0.4, 0.5) is 0 Å². The van der Waals surface area contributed by atoms with Gasteiger partial charge in [0.05, 0.1) is 0 Å². The molecule has 2 atom stereocenters. The molecule has 6 nitrogen and oxygen atoms in total. The highest BCUT2D eigenvalue weighted by Crippen LogP contribution is 2.28. The molecule has 0 radical (unpaired) electrons. The van der Waals surface area contributed by atoms with E-state index in [-0.39, 0.29) is 12.5 Å². The van der Waals surface area contributed by atoms with Gasteiger partial charge in [0.15, 0.2) is 0 Å². The highest BCUT2D eigenvalue weighted by atomic mass is 16.2. The van der Waals surface area contributed by atoms with Gasteiger partial charge in [-0.1, -0.05) is 12.8 Å². The lowest BCUT2D eigenvalue weighted by Gasteiger charge is -2.39. The molecule has 1 heterocycles. The van der Waals surface area contributed by atoms with Crippen molar-refractivity contribution < 1.29 is 4.79 Å². The van der Waals surface area contributed by atoms with E-state index in [4.69, 9.17) is 5.73 Å². The van der Waals surface area contributed by atoms with E-state index in [0.29, 0.717) is 18.5 Å². The summed E-state index contributed by atoms with van der Waals surface area (Å²) in [6.45, 7) is 3.69. The van der Waals surface area contributed by atoms with Crippen LogP contribution in [-0.4, -0.2) is 44.7 Å². The maximum absolute atomic E-state index is 12.4. The third kappa shape index (κ3) is 3.32. The first-order valence-electron chi connectivity index (χ1n) is 7.08. The Kier molecular flexibility index (Phi) is 4.90. The molecule has 0 spiro atoms. The first-order valence-corrected chi connectivity index (χ1v) is 7.08. The number of hydrogen-bond donors (Lipinski definition) is 1. The largest absolute Gasteiger partial charge is 0.338 e. The van der Waals surface area contributed by atoms with Crippen molar-refractivity contribution in [3.63, 3.8) is 0 Å². The zero-order chi connectivity index (χ0) is 13.7. The maximum atomic E-state index is 12.4. The number of rotatable bonds is 5. The van der Waals surface area contributed by atoms with Crippen LogP contribution >= 0.6 is 0 Å². The van der Waals surface area contributed by atoms with E-state index in [0.717, 1.165) is 19.4 Å². The van der Waals surface area contributed by atoms with Crippen LogP contribution in [0.15, 0.2) is 12.7 Å². The van der Waals surface area contributed by atoms with Crippen molar-refractivity contribution in [3.05, 3.63) is 12.7 Å². The van der Waals surface area contributed by atoms with Crippen molar-refractivity contribution in [2.75, 3.05) is 13.1 Å². The van der Waals surface area contributed by atoms with E-state index in [2.05, 4.69) is 10.1 Å². The number of nitrogens with zero attached hydrogens (tertiary/aromatic N) is 4. The molecule has 0 aromatic carbocycles. The Labute approximate surface area is 114 Å². The molecule has 19 heavy (non-hydrogen) atoms. The summed E-state index contributed by atoms with van der Waals surface area (Å²) in [5.74, 6) is 0.548. The predicted molar refractivity (Wildman–Crippen MR) is 72.2 cm³/mol. The molecule has 1 aliphatic carbocycles. The second-order valence-electron chi connectivity index (χ2n) is 5.12. The second-order valence-corrected chi connectivity index (χ2v) is 5.12. The number of carbonyl (C=O) groups is 1. The molecule has 0 saturated heterocycles. The van der Waals surface area contributed by atoms with Gasteiger partial charge in [0, 0.05) is 12.6 Å². The topological polar surface area (TPSA) is 77.0 Å². The van der Waals surface area contributed by atoms with Gasteiger partial charge in [-0.05, 0) is 32.2 Å². The average Bonchev–Trinajstić information content (AvgIpc) is 2.93. The zero-order valence-corrected chi connectivity index (χ0v) is 11.5. The lowest BCUT2D eigenvalue weighted by atomic mass is 9.83. The molecule has 6 heteroatoms. The number of nitrogens with two attached hydrogens (primary N) is 1. The third-order valence-electron chi connectivity index (χ3n) is 4.00. The Balaban J connectivity index is 2.03. The minimum absolute atomic E-state index is 0.110. The molecular weight excluding hydrogens is 242 g/mol. The Morgan fingerprint density at radius 1 is 1.47 bits per heavy atom. The molecule has 1 fully saturated rings. The van der Waals surface area contributed by atoms with E-state index in [1.165, 1.54) is 19.2 Å². The molecule has 1 aromatic heterocycles. The summed E-state index contributed by atoms with van der Waals surface area (Å²) in [6, 6.07) is 0.291. The van der Waals surface area contributed by atoms with Crippen molar-refractivity contribution in [1.29, 1.82) is 0 Å². The highest BCUT2D eigenvalue weighted by molar-refractivity contribution is 5.76. The van der Waals surface area contributed by atoms with Gasteiger partial charge in [-0.3, -0.25) is 4.79 Å². The number of hydrogen-bond acceptors (Lipinski definition) is 4. The molecule has 1 saturated carbocycles. The normalized spacial score (nSPS) is 23.3. The Bertz CT molecular complexity index is 392. The Hall–Kier alpha value is -1.43. The van der Waals surface area contributed by atoms with Crippen LogP contribution in [0.3, 0.4) is 0 Å². The fourth-order valence-corrected chi connectivity index (χ4v) is 3.01. The first kappa shape index (κ1) is 14.0. The van der Waals surface area contributed by atoms with Crippen molar-refractivity contribution in [1.82, 2.24) is 19.7 Å². The van der Waals surface area contributed by atoms with Crippen molar-refractivity contribution in [3.8, 4) is 0 Å². The summed E-state index contributed by atoms with van der Waals surface area (Å²) in [4.78, 5) is 18.2. The zero-order valence-electron chi connectivity index (χ0n) is 11.5. The van der Waals surface area contributed by atoms with E-state index >= 15 is 0 Å². The van der Waals surface area contributed by atoms with E-state index in [1.807, 2.05) is 11.8 Å². The van der Waals surface area contributed by atoms with Crippen LogP contribution in [0.25, 0.3) is 0 Å². The maximum Gasteiger partial charge on any atom is 0.244 e. The fourth-order valence-electron chi connectivity index (χ4n) is 3.01. The van der Waals surface area contributed by atoms with Crippen molar-refractivity contribution in [2.45, 2.75) is 45.2 Å². The Morgan fingerprint density at radius 3 is 2.89 bits per heavy atom. The van der Waals surface area contributed by atoms with Crippen LogP contribution in [0.5, 0.6) is 0 Å². The predicted octanol–water partition coefficient (Wildman–Crippen LogP) is 0.644. The van der Waals surface area contributed by atoms with Crippen LogP contribution in [-0.2, 0) is 11.3 Å². The second kappa shape index (κ2) is 6.65. The van der Waals surface area contributed by atoms with Gasteiger partial charge in [-0.15, -0.1) is 0 Å². The standard InChI is InChI=1S/C13H23N5O/c1-2-18(12-6-4-3-5-11(12)7-14)13(19)8-17-10-15-9-16-17/h9-12H,2-8,14H2,1H3. The molecule has 2 rings (SSSR count). The summed E-state index contributed by atoms with van der Waals surface area (Å²) in [7, 11) is 0. The molecule has 2 unspecified atom stereocenters. The molecule has 1 amide bonds. The molecule has 2 N–H and O–H groups in total. The monoisotopic (exact) mass is 265 g/mol. The quantitative estimate of drug-likeness (QED) is 0.847. The van der Waals surface area contributed by atoms with Crippen LogP contribution in [0.1, 0.15) is 32.6 Å². The summed E-state index contributed by atoms with van der Waals surface area (Å²) in [5, 5.41) is 3.99. The number of likely N-dealkylation sites (N-methyl/N-ethyl adjacent to an activating group) is 1.